The van der Waals surface area contributed by atoms with Crippen LogP contribution >= 0.6 is 11.8 Å². The molecule has 0 bridgehead atoms. The molecule has 32 heavy (non-hydrogen) atoms. The monoisotopic (exact) mass is 457 g/mol. The first kappa shape index (κ1) is 23.9. The zero-order valence-corrected chi connectivity index (χ0v) is 19.5. The zero-order valence-electron chi connectivity index (χ0n) is 18.6. The van der Waals surface area contributed by atoms with E-state index in [9.17, 15) is 14.0 Å². The number of carbonyl (C=O) groups is 1. The summed E-state index contributed by atoms with van der Waals surface area (Å²) < 4.78 is 20.5. The number of para-hydroxylation sites is 1. The minimum absolute atomic E-state index is 0.0145. The minimum atomic E-state index is -0.503. The van der Waals surface area contributed by atoms with Gasteiger partial charge in [0.25, 0.3) is 5.56 Å². The van der Waals surface area contributed by atoms with Crippen LogP contribution in [0.1, 0.15) is 30.6 Å². The number of aromatic nitrogens is 2. The van der Waals surface area contributed by atoms with Crippen molar-refractivity contribution in [1.29, 1.82) is 0 Å². The van der Waals surface area contributed by atoms with E-state index in [4.69, 9.17) is 4.74 Å². The predicted octanol–water partition coefficient (Wildman–Crippen LogP) is 4.25. The predicted molar refractivity (Wildman–Crippen MR) is 126 cm³/mol. The van der Waals surface area contributed by atoms with Crippen LogP contribution in [0.25, 0.3) is 10.9 Å². The number of rotatable bonds is 11. The Bertz CT molecular complexity index is 1150. The van der Waals surface area contributed by atoms with Gasteiger partial charge in [0, 0.05) is 6.54 Å². The number of hydrogen-bond acceptors (Lipinski definition) is 6. The van der Waals surface area contributed by atoms with E-state index in [1.54, 1.807) is 16.7 Å². The fourth-order valence-corrected chi connectivity index (χ4v) is 4.46. The second kappa shape index (κ2) is 11.2. The average Bonchev–Trinajstić information content (AvgIpc) is 2.81. The van der Waals surface area contributed by atoms with Gasteiger partial charge in [0.2, 0.25) is 0 Å². The van der Waals surface area contributed by atoms with Crippen molar-refractivity contribution in [1.82, 2.24) is 14.5 Å². The quantitative estimate of drug-likeness (QED) is 0.244. The molecule has 0 N–H and O–H groups in total. The van der Waals surface area contributed by atoms with E-state index in [-0.39, 0.29) is 22.7 Å². The summed E-state index contributed by atoms with van der Waals surface area (Å²) in [5.41, 5.74) is 0.653. The van der Waals surface area contributed by atoms with Crippen molar-refractivity contribution >= 4 is 28.4 Å². The third-order valence-corrected chi connectivity index (χ3v) is 6.35. The van der Waals surface area contributed by atoms with E-state index in [0.29, 0.717) is 28.4 Å². The largest absolute Gasteiger partial charge is 0.496 e. The van der Waals surface area contributed by atoms with Crippen LogP contribution in [-0.2, 0) is 6.54 Å². The van der Waals surface area contributed by atoms with Crippen molar-refractivity contribution in [3.8, 4) is 5.75 Å². The molecule has 0 aliphatic heterocycles. The molecule has 0 spiro atoms. The van der Waals surface area contributed by atoms with E-state index in [0.717, 1.165) is 26.1 Å². The highest BCUT2D eigenvalue weighted by molar-refractivity contribution is 7.99. The molecular formula is C24H28FN3O3S. The number of fused-ring (bicyclic) bond motifs is 1. The topological polar surface area (TPSA) is 64.4 Å². The molecule has 0 aliphatic carbocycles. The van der Waals surface area contributed by atoms with Gasteiger partial charge in [0.05, 0.1) is 29.3 Å². The highest BCUT2D eigenvalue weighted by Gasteiger charge is 2.17. The lowest BCUT2D eigenvalue weighted by atomic mass is 10.1. The molecule has 0 atom stereocenters. The van der Waals surface area contributed by atoms with Crippen LogP contribution in [0, 0.1) is 5.82 Å². The molecular weight excluding hydrogens is 429 g/mol. The molecule has 2 aromatic carbocycles. The maximum Gasteiger partial charge on any atom is 0.262 e. The fraction of sp³-hybridized carbons (Fsp3) is 0.375. The minimum Gasteiger partial charge on any atom is -0.496 e. The zero-order chi connectivity index (χ0) is 23.1. The molecule has 0 aliphatic rings. The van der Waals surface area contributed by atoms with Gasteiger partial charge in [-0.25, -0.2) is 9.37 Å². The van der Waals surface area contributed by atoms with E-state index < -0.39 is 5.82 Å². The van der Waals surface area contributed by atoms with Crippen molar-refractivity contribution < 1.29 is 13.9 Å². The lowest BCUT2D eigenvalue weighted by Crippen LogP contribution is -2.28. The third kappa shape index (κ3) is 5.55. The molecule has 8 heteroatoms. The molecule has 0 saturated heterocycles. The van der Waals surface area contributed by atoms with Crippen LogP contribution < -0.4 is 10.3 Å². The van der Waals surface area contributed by atoms with Crippen LogP contribution in [0.4, 0.5) is 4.39 Å². The second-order valence-corrected chi connectivity index (χ2v) is 8.25. The van der Waals surface area contributed by atoms with E-state index in [1.165, 1.54) is 37.1 Å². The molecule has 1 aromatic heterocycles. The molecule has 0 radical (unpaired) electrons. The Hall–Kier alpha value is -2.71. The van der Waals surface area contributed by atoms with Crippen LogP contribution in [0.15, 0.2) is 52.4 Å². The van der Waals surface area contributed by atoms with E-state index in [1.807, 2.05) is 12.1 Å². The molecule has 0 saturated carbocycles. The Morgan fingerprint density at radius 2 is 1.94 bits per heavy atom. The standard InChI is InChI=1S/C24H28FN3O3S/c1-4-27(5-2)13-8-14-28-23(30)18-9-6-7-10-20(18)26-24(28)32-16-21(29)19-15-17(25)11-12-22(19)31-3/h6-7,9-12,15H,4-5,8,13-14,16H2,1-3H3. The molecule has 0 fully saturated rings. The summed E-state index contributed by atoms with van der Waals surface area (Å²) >= 11 is 1.19. The van der Waals surface area contributed by atoms with Gasteiger partial charge in [0.1, 0.15) is 11.6 Å². The fourth-order valence-electron chi connectivity index (χ4n) is 3.55. The summed E-state index contributed by atoms with van der Waals surface area (Å²) in [5, 5.41) is 1.04. The highest BCUT2D eigenvalue weighted by atomic mass is 32.2. The molecule has 170 valence electrons. The van der Waals surface area contributed by atoms with Crippen LogP contribution in [-0.4, -0.2) is 52.7 Å². The molecule has 3 rings (SSSR count). The second-order valence-electron chi connectivity index (χ2n) is 7.31. The van der Waals surface area contributed by atoms with Crippen molar-refractivity contribution in [3.63, 3.8) is 0 Å². The number of halogens is 1. The van der Waals surface area contributed by atoms with Gasteiger partial charge in [-0.15, -0.1) is 0 Å². The number of ketones is 1. The Balaban J connectivity index is 1.87. The first-order valence-corrected chi connectivity index (χ1v) is 11.7. The van der Waals surface area contributed by atoms with Gasteiger partial charge in [-0.3, -0.25) is 14.2 Å². The molecule has 3 aromatic rings. The summed E-state index contributed by atoms with van der Waals surface area (Å²) in [5.74, 6) is -0.458. The van der Waals surface area contributed by atoms with E-state index >= 15 is 0 Å². The number of Topliss-reactive ketones (excluding diaryl/α,β-unsaturated/α-hetero) is 1. The normalized spacial score (nSPS) is 11.3. The van der Waals surface area contributed by atoms with Crippen LogP contribution in [0.2, 0.25) is 0 Å². The SMILES string of the molecule is CCN(CC)CCCn1c(SCC(=O)c2cc(F)ccc2OC)nc2ccccc2c1=O. The Morgan fingerprint density at radius 1 is 1.19 bits per heavy atom. The van der Waals surface area contributed by atoms with Gasteiger partial charge in [0.15, 0.2) is 10.9 Å². The number of nitrogens with zero attached hydrogens (tertiary/aromatic N) is 3. The van der Waals surface area contributed by atoms with Crippen LogP contribution in [0.5, 0.6) is 5.75 Å². The number of ether oxygens (including phenoxy) is 1. The Morgan fingerprint density at radius 3 is 2.66 bits per heavy atom. The van der Waals surface area contributed by atoms with Crippen molar-refractivity contribution in [2.75, 3.05) is 32.5 Å². The summed E-state index contributed by atoms with van der Waals surface area (Å²) in [7, 11) is 1.44. The molecule has 0 amide bonds. The number of benzene rings is 2. The molecule has 6 nitrogen and oxygen atoms in total. The number of carbonyl (C=O) groups excluding carboxylic acids is 1. The van der Waals surface area contributed by atoms with Crippen LogP contribution in [0.3, 0.4) is 0 Å². The van der Waals surface area contributed by atoms with Crippen molar-refractivity contribution in [3.05, 3.63) is 64.2 Å². The Kier molecular flexibility index (Phi) is 8.41. The molecule has 1 heterocycles. The van der Waals surface area contributed by atoms with Gasteiger partial charge < -0.3 is 9.64 Å². The molecule has 0 unspecified atom stereocenters. The summed E-state index contributed by atoms with van der Waals surface area (Å²) in [6, 6.07) is 11.1. The highest BCUT2D eigenvalue weighted by Crippen LogP contribution is 2.24. The number of methoxy groups -OCH3 is 1. The number of hydrogen-bond donors (Lipinski definition) is 0. The van der Waals surface area contributed by atoms with Gasteiger partial charge in [-0.2, -0.15) is 0 Å². The third-order valence-electron chi connectivity index (χ3n) is 5.37. The van der Waals surface area contributed by atoms with Gasteiger partial charge >= 0.3 is 0 Å². The lowest BCUT2D eigenvalue weighted by Gasteiger charge is -2.19. The summed E-state index contributed by atoms with van der Waals surface area (Å²) in [6.07, 6.45) is 0.792. The van der Waals surface area contributed by atoms with Gasteiger partial charge in [-0.05, 0) is 56.4 Å². The maximum absolute atomic E-state index is 13.7. The smallest absolute Gasteiger partial charge is 0.262 e. The summed E-state index contributed by atoms with van der Waals surface area (Å²) in [4.78, 5) is 32.9. The summed E-state index contributed by atoms with van der Waals surface area (Å²) in [6.45, 7) is 7.50. The lowest BCUT2D eigenvalue weighted by molar-refractivity contribution is 0.101. The first-order chi connectivity index (χ1) is 15.5. The average molecular weight is 458 g/mol. The first-order valence-electron chi connectivity index (χ1n) is 10.7. The van der Waals surface area contributed by atoms with Crippen molar-refractivity contribution in [2.45, 2.75) is 32.0 Å². The van der Waals surface area contributed by atoms with Crippen molar-refractivity contribution in [2.24, 2.45) is 0 Å². The van der Waals surface area contributed by atoms with E-state index in [2.05, 4.69) is 23.7 Å². The van der Waals surface area contributed by atoms with Gasteiger partial charge in [-0.1, -0.05) is 37.7 Å². The number of thioether (sulfide) groups is 1. The Labute approximate surface area is 191 Å². The maximum atomic E-state index is 13.7.